The van der Waals surface area contributed by atoms with Crippen LogP contribution in [0, 0.1) is 6.92 Å². The lowest BCUT2D eigenvalue weighted by molar-refractivity contribution is -0.136. The van der Waals surface area contributed by atoms with Gasteiger partial charge in [-0.05, 0) is 26.0 Å². The Balaban J connectivity index is 3.00. The average Bonchev–Trinajstić information content (AvgIpc) is 2.46. The summed E-state index contributed by atoms with van der Waals surface area (Å²) in [6.07, 6.45) is 1.57. The zero-order chi connectivity index (χ0) is 15.8. The number of carbonyl (C=O) groups excluding carboxylic acids is 1. The summed E-state index contributed by atoms with van der Waals surface area (Å²) in [6.45, 7) is 8.61. The molecule has 114 valence electrons. The van der Waals surface area contributed by atoms with Gasteiger partial charge in [0.2, 0.25) is 0 Å². The Morgan fingerprint density at radius 1 is 1.29 bits per heavy atom. The van der Waals surface area contributed by atoms with Gasteiger partial charge in [0.25, 0.3) is 0 Å². The smallest absolute Gasteiger partial charge is 0.324 e. The minimum Gasteiger partial charge on any atom is -0.481 e. The second kappa shape index (κ2) is 8.09. The second-order valence-electron chi connectivity index (χ2n) is 4.74. The van der Waals surface area contributed by atoms with Gasteiger partial charge >= 0.3 is 12.0 Å². The summed E-state index contributed by atoms with van der Waals surface area (Å²) in [4.78, 5) is 26.5. The molecule has 0 heterocycles. The quantitative estimate of drug-likeness (QED) is 0.785. The van der Waals surface area contributed by atoms with E-state index in [-0.39, 0.29) is 19.0 Å². The molecule has 21 heavy (non-hydrogen) atoms. The minimum absolute atomic E-state index is 0.0920. The Morgan fingerprint density at radius 2 is 1.90 bits per heavy atom. The maximum Gasteiger partial charge on any atom is 0.324 e. The number of aliphatic carboxylic acids is 1. The molecule has 1 aromatic carbocycles. The van der Waals surface area contributed by atoms with Crippen LogP contribution in [0.3, 0.4) is 0 Å². The number of anilines is 1. The van der Waals surface area contributed by atoms with Crippen molar-refractivity contribution in [1.29, 1.82) is 0 Å². The first-order valence-electron chi connectivity index (χ1n) is 6.95. The van der Waals surface area contributed by atoms with E-state index in [1.54, 1.807) is 11.0 Å². The molecule has 0 saturated carbocycles. The van der Waals surface area contributed by atoms with Gasteiger partial charge in [-0.3, -0.25) is 9.69 Å². The van der Waals surface area contributed by atoms with E-state index in [4.69, 9.17) is 5.11 Å². The van der Waals surface area contributed by atoms with Crippen molar-refractivity contribution in [3.63, 3.8) is 0 Å². The Labute approximate surface area is 125 Å². The van der Waals surface area contributed by atoms with Crippen molar-refractivity contribution in [2.45, 2.75) is 20.3 Å². The third kappa shape index (κ3) is 4.95. The predicted octanol–water partition coefficient (Wildman–Crippen LogP) is 2.90. The molecule has 0 aliphatic carbocycles. The van der Waals surface area contributed by atoms with Crippen LogP contribution in [0.15, 0.2) is 36.9 Å². The van der Waals surface area contributed by atoms with Crippen LogP contribution in [0.5, 0.6) is 0 Å². The predicted molar refractivity (Wildman–Crippen MR) is 83.6 cm³/mol. The van der Waals surface area contributed by atoms with Crippen LogP contribution in [0.2, 0.25) is 0 Å². The molecule has 5 nitrogen and oxygen atoms in total. The number of carboxylic acid groups (broad SMARTS) is 1. The van der Waals surface area contributed by atoms with E-state index >= 15 is 0 Å². The number of carbonyl (C=O) groups is 2. The van der Waals surface area contributed by atoms with E-state index < -0.39 is 5.97 Å². The first kappa shape index (κ1) is 16.8. The highest BCUT2D eigenvalue weighted by atomic mass is 16.4. The number of benzene rings is 1. The molecule has 0 unspecified atom stereocenters. The lowest BCUT2D eigenvalue weighted by Gasteiger charge is -2.29. The molecule has 2 amide bonds. The summed E-state index contributed by atoms with van der Waals surface area (Å²) in [5.41, 5.74) is 1.79. The van der Waals surface area contributed by atoms with Gasteiger partial charge in [-0.1, -0.05) is 23.8 Å². The molecule has 0 aromatic heterocycles. The number of hydrogen-bond donors (Lipinski definition) is 1. The summed E-state index contributed by atoms with van der Waals surface area (Å²) >= 11 is 0. The summed E-state index contributed by atoms with van der Waals surface area (Å²) in [5.74, 6) is -0.924. The Bertz CT molecular complexity index is 497. The van der Waals surface area contributed by atoms with E-state index in [2.05, 4.69) is 6.58 Å². The van der Waals surface area contributed by atoms with Crippen molar-refractivity contribution in [3.8, 4) is 0 Å². The van der Waals surface area contributed by atoms with E-state index in [9.17, 15) is 9.59 Å². The van der Waals surface area contributed by atoms with E-state index in [1.807, 2.05) is 38.1 Å². The van der Waals surface area contributed by atoms with Crippen LogP contribution in [0.25, 0.3) is 0 Å². The Kier molecular flexibility index (Phi) is 6.46. The molecular weight excluding hydrogens is 268 g/mol. The number of likely N-dealkylation sites (N-methyl/N-ethyl adjacent to an activating group) is 1. The highest BCUT2D eigenvalue weighted by Gasteiger charge is 2.21. The average molecular weight is 290 g/mol. The summed E-state index contributed by atoms with van der Waals surface area (Å²) < 4.78 is 0. The molecule has 0 radical (unpaired) electrons. The third-order valence-corrected chi connectivity index (χ3v) is 3.13. The first-order chi connectivity index (χ1) is 9.99. The number of hydrogen-bond acceptors (Lipinski definition) is 2. The Morgan fingerprint density at radius 3 is 2.38 bits per heavy atom. The number of amides is 2. The highest BCUT2D eigenvalue weighted by Crippen LogP contribution is 2.17. The SMILES string of the molecule is C=CCN(CC)C(=O)N(CCC(=O)O)c1ccc(C)cc1. The molecule has 0 aliphatic heterocycles. The largest absolute Gasteiger partial charge is 0.481 e. The molecule has 0 bridgehead atoms. The van der Waals surface area contributed by atoms with Gasteiger partial charge in [-0.2, -0.15) is 0 Å². The number of rotatable bonds is 7. The molecule has 0 aliphatic rings. The fourth-order valence-electron chi connectivity index (χ4n) is 1.94. The molecule has 0 saturated heterocycles. The molecule has 0 fully saturated rings. The van der Waals surface area contributed by atoms with E-state index in [1.165, 1.54) is 4.90 Å². The van der Waals surface area contributed by atoms with Gasteiger partial charge < -0.3 is 10.0 Å². The van der Waals surface area contributed by atoms with Gasteiger partial charge in [0.15, 0.2) is 0 Å². The molecule has 5 heteroatoms. The zero-order valence-electron chi connectivity index (χ0n) is 12.6. The number of aryl methyl sites for hydroxylation is 1. The molecule has 1 N–H and O–H groups in total. The van der Waals surface area contributed by atoms with Gasteiger partial charge in [-0.15, -0.1) is 6.58 Å². The van der Waals surface area contributed by atoms with Crippen molar-refractivity contribution in [1.82, 2.24) is 4.90 Å². The van der Waals surface area contributed by atoms with Crippen LogP contribution in [0.1, 0.15) is 18.9 Å². The number of carboxylic acids is 1. The van der Waals surface area contributed by atoms with Gasteiger partial charge in [0, 0.05) is 25.3 Å². The molecule has 1 aromatic rings. The van der Waals surface area contributed by atoms with Gasteiger partial charge in [-0.25, -0.2) is 4.79 Å². The minimum atomic E-state index is -0.924. The fraction of sp³-hybridized carbons (Fsp3) is 0.375. The van der Waals surface area contributed by atoms with Crippen molar-refractivity contribution in [2.24, 2.45) is 0 Å². The normalized spacial score (nSPS) is 10.0. The fourth-order valence-corrected chi connectivity index (χ4v) is 1.94. The summed E-state index contributed by atoms with van der Waals surface area (Å²) in [7, 11) is 0. The maximum absolute atomic E-state index is 12.6. The van der Waals surface area contributed by atoms with Crippen LogP contribution in [0.4, 0.5) is 10.5 Å². The van der Waals surface area contributed by atoms with Crippen LogP contribution >= 0.6 is 0 Å². The van der Waals surface area contributed by atoms with Crippen LogP contribution in [-0.4, -0.2) is 41.6 Å². The lowest BCUT2D eigenvalue weighted by Crippen LogP contribution is -2.44. The molecule has 0 atom stereocenters. The maximum atomic E-state index is 12.6. The summed E-state index contributed by atoms with van der Waals surface area (Å²) in [6, 6.07) is 7.26. The van der Waals surface area contributed by atoms with Crippen molar-refractivity contribution >= 4 is 17.7 Å². The lowest BCUT2D eigenvalue weighted by atomic mass is 10.2. The molecule has 1 rings (SSSR count). The van der Waals surface area contributed by atoms with Crippen LogP contribution in [-0.2, 0) is 4.79 Å². The first-order valence-corrected chi connectivity index (χ1v) is 6.95. The molecular formula is C16H22N2O3. The van der Waals surface area contributed by atoms with Crippen molar-refractivity contribution in [3.05, 3.63) is 42.5 Å². The summed E-state index contributed by atoms with van der Waals surface area (Å²) in [5, 5.41) is 8.87. The standard InChI is InChI=1S/C16H22N2O3/c1-4-11-17(5-2)16(21)18(12-10-15(19)20)14-8-6-13(3)7-9-14/h4,6-9H,1,5,10-12H2,2-3H3,(H,19,20). The zero-order valence-corrected chi connectivity index (χ0v) is 12.6. The topological polar surface area (TPSA) is 60.9 Å². The van der Waals surface area contributed by atoms with Gasteiger partial charge in [0.05, 0.1) is 6.42 Å². The monoisotopic (exact) mass is 290 g/mol. The van der Waals surface area contributed by atoms with Crippen molar-refractivity contribution in [2.75, 3.05) is 24.5 Å². The number of urea groups is 1. The number of nitrogens with zero attached hydrogens (tertiary/aromatic N) is 2. The second-order valence-corrected chi connectivity index (χ2v) is 4.74. The van der Waals surface area contributed by atoms with Gasteiger partial charge in [0.1, 0.15) is 0 Å². The van der Waals surface area contributed by atoms with Crippen molar-refractivity contribution < 1.29 is 14.7 Å². The van der Waals surface area contributed by atoms with E-state index in [0.29, 0.717) is 18.8 Å². The molecule has 0 spiro atoms. The Hall–Kier alpha value is -2.30. The third-order valence-electron chi connectivity index (χ3n) is 3.13. The van der Waals surface area contributed by atoms with E-state index in [0.717, 1.165) is 5.56 Å². The van der Waals surface area contributed by atoms with Crippen LogP contribution < -0.4 is 4.90 Å². The highest BCUT2D eigenvalue weighted by molar-refractivity contribution is 5.92.